The molecule has 0 radical (unpaired) electrons. The Balaban J connectivity index is 1.60. The first kappa shape index (κ1) is 25.1. The number of allylic oxidation sites excluding steroid dienone is 1. The van der Waals surface area contributed by atoms with E-state index in [1.54, 1.807) is 12.1 Å². The van der Waals surface area contributed by atoms with Crippen molar-refractivity contribution in [3.05, 3.63) is 77.1 Å². The van der Waals surface area contributed by atoms with Crippen molar-refractivity contribution in [2.24, 2.45) is 11.7 Å². The predicted octanol–water partition coefficient (Wildman–Crippen LogP) is 5.30. The van der Waals surface area contributed by atoms with Gasteiger partial charge >= 0.3 is 6.18 Å². The number of hydrogen-bond donors (Lipinski definition) is 2. The fourth-order valence-electron chi connectivity index (χ4n) is 3.85. The molecule has 0 aliphatic heterocycles. The molecule has 2 aromatic carbocycles. The summed E-state index contributed by atoms with van der Waals surface area (Å²) in [7, 11) is -4.29. The third-order valence-corrected chi connectivity index (χ3v) is 7.75. The summed E-state index contributed by atoms with van der Waals surface area (Å²) in [6, 6.07) is 7.95. The highest BCUT2D eigenvalue weighted by molar-refractivity contribution is 7.93. The Morgan fingerprint density at radius 2 is 1.91 bits per heavy atom. The van der Waals surface area contributed by atoms with Crippen LogP contribution in [-0.4, -0.2) is 26.1 Å². The van der Waals surface area contributed by atoms with E-state index in [0.717, 1.165) is 29.0 Å². The SMILES string of the molecule is NC1CCC=C(c2ccc(F)cc2)C1COc1ccc(S(=O)(=O)Nc2nccs2)cc1C(F)(F)F. The Hall–Kier alpha value is -2.96. The number of nitrogens with zero attached hydrogens (tertiary/aromatic N) is 1. The minimum Gasteiger partial charge on any atom is -0.492 e. The van der Waals surface area contributed by atoms with E-state index < -0.39 is 44.1 Å². The van der Waals surface area contributed by atoms with Crippen LogP contribution in [0, 0.1) is 11.7 Å². The lowest BCUT2D eigenvalue weighted by molar-refractivity contribution is -0.139. The Kier molecular flexibility index (Phi) is 7.15. The Bertz CT molecular complexity index is 1310. The molecule has 186 valence electrons. The quantitative estimate of drug-likeness (QED) is 0.407. The van der Waals surface area contributed by atoms with Gasteiger partial charge in [0, 0.05) is 23.5 Å². The van der Waals surface area contributed by atoms with Crippen LogP contribution >= 0.6 is 11.3 Å². The van der Waals surface area contributed by atoms with E-state index in [9.17, 15) is 26.0 Å². The lowest BCUT2D eigenvalue weighted by atomic mass is 9.81. The van der Waals surface area contributed by atoms with Gasteiger partial charge in [-0.15, -0.1) is 11.3 Å². The number of hydrogen-bond acceptors (Lipinski definition) is 6. The van der Waals surface area contributed by atoms with Gasteiger partial charge in [0.25, 0.3) is 10.0 Å². The molecule has 1 aliphatic carbocycles. The molecule has 2 unspecified atom stereocenters. The van der Waals surface area contributed by atoms with Gasteiger partial charge in [-0.25, -0.2) is 17.8 Å². The Morgan fingerprint density at radius 1 is 1.17 bits per heavy atom. The molecular weight excluding hydrogens is 506 g/mol. The monoisotopic (exact) mass is 527 g/mol. The molecule has 0 spiro atoms. The van der Waals surface area contributed by atoms with Gasteiger partial charge in [0.15, 0.2) is 5.13 Å². The topological polar surface area (TPSA) is 94.3 Å². The highest BCUT2D eigenvalue weighted by atomic mass is 32.2. The molecule has 0 saturated heterocycles. The smallest absolute Gasteiger partial charge is 0.420 e. The number of alkyl halides is 3. The average molecular weight is 528 g/mol. The van der Waals surface area contributed by atoms with Crippen LogP contribution in [0.5, 0.6) is 5.75 Å². The summed E-state index contributed by atoms with van der Waals surface area (Å²) in [5.41, 5.74) is 6.51. The minimum atomic E-state index is -4.87. The number of nitrogens with two attached hydrogens (primary N) is 1. The molecule has 0 bridgehead atoms. The van der Waals surface area contributed by atoms with Crippen LogP contribution in [0.3, 0.4) is 0 Å². The highest BCUT2D eigenvalue weighted by Crippen LogP contribution is 2.39. The number of sulfonamides is 1. The number of thiazole rings is 1. The number of nitrogens with one attached hydrogen (secondary N) is 1. The molecule has 6 nitrogen and oxygen atoms in total. The molecule has 0 fully saturated rings. The van der Waals surface area contributed by atoms with Crippen molar-refractivity contribution in [1.29, 1.82) is 0 Å². The zero-order valence-electron chi connectivity index (χ0n) is 18.1. The maximum Gasteiger partial charge on any atom is 0.420 e. The van der Waals surface area contributed by atoms with Gasteiger partial charge in [-0.1, -0.05) is 18.2 Å². The van der Waals surface area contributed by atoms with E-state index in [4.69, 9.17) is 10.5 Å². The summed E-state index contributed by atoms with van der Waals surface area (Å²) in [5, 5.41) is 1.56. The van der Waals surface area contributed by atoms with Crippen LogP contribution in [0.1, 0.15) is 24.0 Å². The summed E-state index contributed by atoms with van der Waals surface area (Å²) in [6.45, 7) is -0.170. The molecule has 12 heteroatoms. The van der Waals surface area contributed by atoms with Crippen molar-refractivity contribution in [3.63, 3.8) is 0 Å². The molecule has 3 N–H and O–H groups in total. The molecule has 1 heterocycles. The van der Waals surface area contributed by atoms with Crippen molar-refractivity contribution >= 4 is 32.1 Å². The van der Waals surface area contributed by atoms with E-state index in [0.29, 0.717) is 24.5 Å². The Morgan fingerprint density at radius 3 is 2.57 bits per heavy atom. The second kappa shape index (κ2) is 9.96. The van der Waals surface area contributed by atoms with E-state index in [1.165, 1.54) is 23.7 Å². The van der Waals surface area contributed by atoms with E-state index >= 15 is 0 Å². The maximum atomic E-state index is 13.8. The summed E-state index contributed by atoms with van der Waals surface area (Å²) < 4.78 is 87.7. The Labute approximate surface area is 203 Å². The van der Waals surface area contributed by atoms with Crippen molar-refractivity contribution in [2.75, 3.05) is 11.3 Å². The number of rotatable bonds is 7. The summed E-state index contributed by atoms with van der Waals surface area (Å²) >= 11 is 0.994. The summed E-state index contributed by atoms with van der Waals surface area (Å²) in [5.74, 6) is -1.36. The summed E-state index contributed by atoms with van der Waals surface area (Å²) in [4.78, 5) is 3.21. The molecular formula is C23H21F4N3O3S2. The predicted molar refractivity (Wildman–Crippen MR) is 125 cm³/mol. The lowest BCUT2D eigenvalue weighted by Crippen LogP contribution is -2.37. The molecule has 35 heavy (non-hydrogen) atoms. The van der Waals surface area contributed by atoms with Crippen LogP contribution in [0.2, 0.25) is 0 Å². The fraction of sp³-hybridized carbons (Fsp3) is 0.261. The van der Waals surface area contributed by atoms with Gasteiger partial charge in [0.1, 0.15) is 11.6 Å². The normalized spacial score (nSPS) is 18.7. The van der Waals surface area contributed by atoms with Crippen molar-refractivity contribution in [1.82, 2.24) is 4.98 Å². The summed E-state index contributed by atoms with van der Waals surface area (Å²) in [6.07, 6.45) is -0.284. The third-order valence-electron chi connectivity index (χ3n) is 5.60. The molecule has 1 aliphatic rings. The first-order valence-corrected chi connectivity index (χ1v) is 12.9. The standard InChI is InChI=1S/C23H21F4N3O3S2/c24-15-6-4-14(5-7-15)17-2-1-3-20(28)18(17)13-33-21-9-8-16(12-19(21)23(25,26)27)35(31,32)30-22-29-10-11-34-22/h2,4-12,18,20H,1,3,13,28H2,(H,29,30). The first-order valence-electron chi connectivity index (χ1n) is 10.5. The second-order valence-electron chi connectivity index (χ2n) is 7.92. The van der Waals surface area contributed by atoms with Gasteiger partial charge in [0.05, 0.1) is 17.1 Å². The van der Waals surface area contributed by atoms with Crippen LogP contribution in [0.25, 0.3) is 5.57 Å². The van der Waals surface area contributed by atoms with Crippen LogP contribution in [0.15, 0.2) is 65.0 Å². The molecule has 1 aromatic heterocycles. The highest BCUT2D eigenvalue weighted by Gasteiger charge is 2.37. The van der Waals surface area contributed by atoms with Gasteiger partial charge in [-0.2, -0.15) is 13.2 Å². The van der Waals surface area contributed by atoms with Crippen molar-refractivity contribution in [2.45, 2.75) is 30.0 Å². The number of halogens is 4. The minimum absolute atomic E-state index is 0.0327. The molecule has 0 saturated carbocycles. The van der Waals surface area contributed by atoms with Gasteiger partial charge in [-0.05, 0) is 54.3 Å². The number of benzene rings is 2. The fourth-order valence-corrected chi connectivity index (χ4v) is 5.67. The zero-order chi connectivity index (χ0) is 25.2. The van der Waals surface area contributed by atoms with E-state index in [-0.39, 0.29) is 17.8 Å². The van der Waals surface area contributed by atoms with Gasteiger partial charge < -0.3 is 10.5 Å². The average Bonchev–Trinajstić information content (AvgIpc) is 3.30. The van der Waals surface area contributed by atoms with Gasteiger partial charge in [0.2, 0.25) is 0 Å². The molecule has 3 aromatic rings. The second-order valence-corrected chi connectivity index (χ2v) is 10.5. The van der Waals surface area contributed by atoms with E-state index in [1.807, 2.05) is 6.08 Å². The first-order chi connectivity index (χ1) is 16.5. The van der Waals surface area contributed by atoms with Crippen molar-refractivity contribution < 1.29 is 30.7 Å². The molecule has 0 amide bonds. The van der Waals surface area contributed by atoms with Gasteiger partial charge in [-0.3, -0.25) is 4.72 Å². The zero-order valence-corrected chi connectivity index (χ0v) is 19.8. The lowest BCUT2D eigenvalue weighted by Gasteiger charge is -2.31. The number of ether oxygens (including phenoxy) is 1. The number of anilines is 1. The molecule has 2 atom stereocenters. The van der Waals surface area contributed by atoms with Crippen LogP contribution in [-0.2, 0) is 16.2 Å². The van der Waals surface area contributed by atoms with Crippen LogP contribution < -0.4 is 15.2 Å². The maximum absolute atomic E-state index is 13.8. The number of aromatic nitrogens is 1. The third kappa shape index (κ3) is 5.82. The van der Waals surface area contributed by atoms with Crippen LogP contribution in [0.4, 0.5) is 22.7 Å². The largest absolute Gasteiger partial charge is 0.492 e. The van der Waals surface area contributed by atoms with Crippen molar-refractivity contribution in [3.8, 4) is 5.75 Å². The van der Waals surface area contributed by atoms with E-state index in [2.05, 4.69) is 9.71 Å². The molecule has 4 rings (SSSR count).